The summed E-state index contributed by atoms with van der Waals surface area (Å²) >= 11 is 0. The van der Waals surface area contributed by atoms with E-state index in [0.717, 1.165) is 7.11 Å². The molecule has 0 saturated heterocycles. The lowest BCUT2D eigenvalue weighted by atomic mass is 10.3. The molecule has 0 aliphatic heterocycles. The van der Waals surface area contributed by atoms with Crippen molar-refractivity contribution in [2.24, 2.45) is 5.73 Å². The summed E-state index contributed by atoms with van der Waals surface area (Å²) < 4.78 is 32.4. The highest BCUT2D eigenvalue weighted by Crippen LogP contribution is 2.02. The molecule has 0 heterocycles. The van der Waals surface area contributed by atoms with Gasteiger partial charge in [0, 0.05) is 13.2 Å². The Labute approximate surface area is 96.0 Å². The Kier molecular flexibility index (Phi) is 7.27. The molecule has 0 bridgehead atoms. The number of hydrogen-bond donors (Lipinski definition) is 1. The van der Waals surface area contributed by atoms with Crippen molar-refractivity contribution in [3.05, 3.63) is 0 Å². The minimum absolute atomic E-state index is 0.121. The van der Waals surface area contributed by atoms with Crippen molar-refractivity contribution < 1.29 is 22.7 Å². The van der Waals surface area contributed by atoms with Crippen LogP contribution in [0.25, 0.3) is 0 Å². The number of hydrogen-bond acceptors (Lipinski definition) is 6. The molecule has 2 N–H and O–H groups in total. The summed E-state index contributed by atoms with van der Waals surface area (Å²) in [5.41, 5.74) is 5.40. The van der Waals surface area contributed by atoms with Gasteiger partial charge in [-0.05, 0) is 13.3 Å². The van der Waals surface area contributed by atoms with Gasteiger partial charge in [-0.1, -0.05) is 0 Å². The molecule has 0 aromatic carbocycles. The normalized spacial score (nSPS) is 13.4. The molecule has 0 aromatic heterocycles. The summed E-state index contributed by atoms with van der Waals surface area (Å²) in [4.78, 5) is 10.8. The monoisotopic (exact) mass is 253 g/mol. The van der Waals surface area contributed by atoms with Crippen LogP contribution in [0.15, 0.2) is 0 Å². The van der Waals surface area contributed by atoms with Crippen molar-refractivity contribution in [3.8, 4) is 0 Å². The van der Waals surface area contributed by atoms with Gasteiger partial charge in [-0.15, -0.1) is 0 Å². The van der Waals surface area contributed by atoms with Gasteiger partial charge in [0.05, 0.1) is 19.0 Å². The Morgan fingerprint density at radius 2 is 2.06 bits per heavy atom. The third-order valence-electron chi connectivity index (χ3n) is 1.98. The summed E-state index contributed by atoms with van der Waals surface area (Å²) in [7, 11) is -2.27. The van der Waals surface area contributed by atoms with Crippen molar-refractivity contribution in [2.75, 3.05) is 31.8 Å². The summed E-state index contributed by atoms with van der Waals surface area (Å²) in [5, 5.41) is 0. The number of carbonyl (C=O) groups is 1. The van der Waals surface area contributed by atoms with Crippen LogP contribution in [-0.4, -0.2) is 52.3 Å². The maximum absolute atomic E-state index is 11.4. The molecule has 16 heavy (non-hydrogen) atoms. The molecule has 96 valence electrons. The smallest absolute Gasteiger partial charge is 0.320 e. The van der Waals surface area contributed by atoms with E-state index in [-0.39, 0.29) is 18.4 Å². The number of esters is 1. The maximum atomic E-state index is 11.4. The Morgan fingerprint density at radius 3 is 2.50 bits per heavy atom. The summed E-state index contributed by atoms with van der Waals surface area (Å²) in [6.07, 6.45) is 0.0151. The summed E-state index contributed by atoms with van der Waals surface area (Å²) in [5.74, 6) is -1.46. The van der Waals surface area contributed by atoms with Crippen molar-refractivity contribution >= 4 is 15.8 Å². The van der Waals surface area contributed by atoms with Gasteiger partial charge in [0.1, 0.15) is 5.75 Å². The molecule has 6 nitrogen and oxygen atoms in total. The molecule has 0 rings (SSSR count). The van der Waals surface area contributed by atoms with Crippen LogP contribution in [0.3, 0.4) is 0 Å². The van der Waals surface area contributed by atoms with Gasteiger partial charge in [-0.3, -0.25) is 4.79 Å². The molecular formula is C9H19NO5S. The summed E-state index contributed by atoms with van der Waals surface area (Å²) in [6.45, 7) is 2.56. The first-order valence-corrected chi connectivity index (χ1v) is 6.86. The highest BCUT2D eigenvalue weighted by molar-refractivity contribution is 7.92. The van der Waals surface area contributed by atoms with E-state index in [9.17, 15) is 13.2 Å². The van der Waals surface area contributed by atoms with E-state index in [0.29, 0.717) is 13.0 Å². The van der Waals surface area contributed by atoms with Gasteiger partial charge < -0.3 is 15.2 Å². The number of ether oxygens (including phenoxy) is 2. The van der Waals surface area contributed by atoms with Crippen molar-refractivity contribution in [2.45, 2.75) is 19.4 Å². The van der Waals surface area contributed by atoms with Crippen LogP contribution in [0.4, 0.5) is 0 Å². The van der Waals surface area contributed by atoms with E-state index in [1.165, 1.54) is 0 Å². The van der Waals surface area contributed by atoms with Crippen LogP contribution < -0.4 is 5.73 Å². The molecule has 0 aliphatic rings. The van der Waals surface area contributed by atoms with Gasteiger partial charge in [-0.25, -0.2) is 8.42 Å². The number of sulfone groups is 1. The van der Waals surface area contributed by atoms with Gasteiger partial charge in [-0.2, -0.15) is 0 Å². The molecule has 0 aliphatic carbocycles. The van der Waals surface area contributed by atoms with Crippen molar-refractivity contribution in [3.63, 3.8) is 0 Å². The predicted molar refractivity (Wildman–Crippen MR) is 59.8 cm³/mol. The largest absolute Gasteiger partial charge is 0.468 e. The highest BCUT2D eigenvalue weighted by atomic mass is 32.2. The third kappa shape index (κ3) is 6.76. The highest BCUT2D eigenvalue weighted by Gasteiger charge is 2.19. The topological polar surface area (TPSA) is 95.7 Å². The SMILES string of the molecule is CCOC(CN)CCS(=O)(=O)CC(=O)OC. The lowest BCUT2D eigenvalue weighted by Crippen LogP contribution is -2.28. The molecule has 1 unspecified atom stereocenters. The molecule has 7 heteroatoms. The van der Waals surface area contributed by atoms with Crippen LogP contribution in [0.2, 0.25) is 0 Å². The second-order valence-corrected chi connectivity index (χ2v) is 5.45. The van der Waals surface area contributed by atoms with E-state index >= 15 is 0 Å². The van der Waals surface area contributed by atoms with Gasteiger partial charge >= 0.3 is 5.97 Å². The molecular weight excluding hydrogens is 234 g/mol. The molecule has 0 spiro atoms. The zero-order valence-corrected chi connectivity index (χ0v) is 10.5. The second kappa shape index (κ2) is 7.59. The zero-order chi connectivity index (χ0) is 12.6. The van der Waals surface area contributed by atoms with Crippen LogP contribution in [0.1, 0.15) is 13.3 Å². The number of methoxy groups -OCH3 is 1. The van der Waals surface area contributed by atoms with Gasteiger partial charge in [0.2, 0.25) is 0 Å². The van der Waals surface area contributed by atoms with Gasteiger partial charge in [0.15, 0.2) is 9.84 Å². The van der Waals surface area contributed by atoms with Crippen LogP contribution >= 0.6 is 0 Å². The van der Waals surface area contributed by atoms with E-state index in [1.807, 2.05) is 6.92 Å². The minimum atomic E-state index is -3.43. The third-order valence-corrected chi connectivity index (χ3v) is 3.51. The Balaban J connectivity index is 4.11. The predicted octanol–water partition coefficient (Wildman–Crippen LogP) is -0.672. The molecule has 0 radical (unpaired) electrons. The standard InChI is InChI=1S/C9H19NO5S/c1-3-15-8(6-10)4-5-16(12,13)7-9(11)14-2/h8H,3-7,10H2,1-2H3. The maximum Gasteiger partial charge on any atom is 0.320 e. The molecule has 0 amide bonds. The van der Waals surface area contributed by atoms with Crippen molar-refractivity contribution in [1.82, 2.24) is 0 Å². The summed E-state index contributed by atoms with van der Waals surface area (Å²) in [6, 6.07) is 0. The first-order valence-electron chi connectivity index (χ1n) is 5.04. The van der Waals surface area contributed by atoms with Crippen molar-refractivity contribution in [1.29, 1.82) is 0 Å². The van der Waals surface area contributed by atoms with E-state index in [4.69, 9.17) is 10.5 Å². The number of carbonyl (C=O) groups excluding carboxylic acids is 1. The lowest BCUT2D eigenvalue weighted by molar-refractivity contribution is -0.137. The fourth-order valence-electron chi connectivity index (χ4n) is 1.13. The Morgan fingerprint density at radius 1 is 1.44 bits per heavy atom. The fraction of sp³-hybridized carbons (Fsp3) is 0.889. The minimum Gasteiger partial charge on any atom is -0.468 e. The first-order chi connectivity index (χ1) is 7.45. The number of rotatable bonds is 8. The molecule has 1 atom stereocenters. The Hall–Kier alpha value is -0.660. The molecule has 0 saturated carbocycles. The first kappa shape index (κ1) is 15.3. The number of nitrogens with two attached hydrogens (primary N) is 1. The van der Waals surface area contributed by atoms with E-state index < -0.39 is 21.6 Å². The quantitative estimate of drug-likeness (QED) is 0.576. The average Bonchev–Trinajstić information content (AvgIpc) is 2.23. The average molecular weight is 253 g/mol. The zero-order valence-electron chi connectivity index (χ0n) is 9.64. The Bertz CT molecular complexity index is 301. The molecule has 0 aromatic rings. The van der Waals surface area contributed by atoms with E-state index in [1.54, 1.807) is 0 Å². The van der Waals surface area contributed by atoms with Crippen LogP contribution in [0.5, 0.6) is 0 Å². The molecule has 0 fully saturated rings. The van der Waals surface area contributed by atoms with Crippen LogP contribution in [0, 0.1) is 0 Å². The second-order valence-electron chi connectivity index (χ2n) is 3.27. The fourth-order valence-corrected chi connectivity index (χ4v) is 2.37. The lowest BCUT2D eigenvalue weighted by Gasteiger charge is -2.14. The van der Waals surface area contributed by atoms with Crippen LogP contribution in [-0.2, 0) is 24.1 Å². The van der Waals surface area contributed by atoms with Gasteiger partial charge in [0.25, 0.3) is 0 Å². The van der Waals surface area contributed by atoms with E-state index in [2.05, 4.69) is 4.74 Å².